The molecule has 0 radical (unpaired) electrons. The molecule has 0 bridgehead atoms. The molecule has 3 unspecified atom stereocenters. The molecule has 4 N–H and O–H groups in total. The fraction of sp³-hybridized carbons (Fsp3) is 0.929. The van der Waals surface area contributed by atoms with Crippen LogP contribution in [0, 0.1) is 11.3 Å². The van der Waals surface area contributed by atoms with E-state index in [0.717, 1.165) is 12.8 Å². The highest BCUT2D eigenvalue weighted by Gasteiger charge is 2.33. The van der Waals surface area contributed by atoms with E-state index in [1.54, 1.807) is 6.92 Å². The third kappa shape index (κ3) is 4.58. The van der Waals surface area contributed by atoms with E-state index < -0.39 is 11.4 Å². The van der Waals surface area contributed by atoms with Gasteiger partial charge in [-0.1, -0.05) is 20.8 Å². The Balaban J connectivity index is 2.38. The van der Waals surface area contributed by atoms with E-state index in [4.69, 9.17) is 16.2 Å². The van der Waals surface area contributed by atoms with Gasteiger partial charge in [-0.15, -0.1) is 0 Å². The van der Waals surface area contributed by atoms with Crippen molar-refractivity contribution in [3.05, 3.63) is 0 Å². The van der Waals surface area contributed by atoms with E-state index in [-0.39, 0.29) is 6.10 Å². The summed E-state index contributed by atoms with van der Waals surface area (Å²) in [6.07, 6.45) is 4.19. The lowest BCUT2D eigenvalue weighted by atomic mass is 9.71. The number of rotatable bonds is 5. The minimum atomic E-state index is -0.962. The summed E-state index contributed by atoms with van der Waals surface area (Å²) in [5, 5.41) is 0. The zero-order valence-corrected chi connectivity index (χ0v) is 12.2. The van der Waals surface area contributed by atoms with Gasteiger partial charge in [0.05, 0.1) is 11.6 Å². The van der Waals surface area contributed by atoms with E-state index in [9.17, 15) is 4.79 Å². The summed E-state index contributed by atoms with van der Waals surface area (Å²) in [5.74, 6) is 0.225. The molecule has 0 saturated heterocycles. The van der Waals surface area contributed by atoms with Crippen molar-refractivity contribution in [3.8, 4) is 0 Å². The molecule has 0 aromatic carbocycles. The van der Waals surface area contributed by atoms with Gasteiger partial charge in [0, 0.05) is 6.61 Å². The summed E-state index contributed by atoms with van der Waals surface area (Å²) in [4.78, 5) is 11.1. The van der Waals surface area contributed by atoms with Crippen molar-refractivity contribution >= 4 is 5.91 Å². The van der Waals surface area contributed by atoms with Crippen molar-refractivity contribution in [3.63, 3.8) is 0 Å². The molecule has 1 amide bonds. The van der Waals surface area contributed by atoms with Gasteiger partial charge < -0.3 is 16.2 Å². The predicted molar refractivity (Wildman–Crippen MR) is 72.9 cm³/mol. The summed E-state index contributed by atoms with van der Waals surface area (Å²) in [7, 11) is 0. The summed E-state index contributed by atoms with van der Waals surface area (Å²) in [6.45, 7) is 9.01. The molecule has 0 aliphatic heterocycles. The Morgan fingerprint density at radius 1 is 1.44 bits per heavy atom. The van der Waals surface area contributed by atoms with Crippen LogP contribution in [0.5, 0.6) is 0 Å². The largest absolute Gasteiger partial charge is 0.378 e. The van der Waals surface area contributed by atoms with Crippen LogP contribution in [0.3, 0.4) is 0 Å². The first-order valence-corrected chi connectivity index (χ1v) is 6.83. The van der Waals surface area contributed by atoms with Crippen molar-refractivity contribution in [1.82, 2.24) is 0 Å². The van der Waals surface area contributed by atoms with E-state index >= 15 is 0 Å². The molecule has 1 fully saturated rings. The Labute approximate surface area is 110 Å². The van der Waals surface area contributed by atoms with Gasteiger partial charge >= 0.3 is 0 Å². The molecular weight excluding hydrogens is 228 g/mol. The van der Waals surface area contributed by atoms with Gasteiger partial charge in [-0.2, -0.15) is 0 Å². The summed E-state index contributed by atoms with van der Waals surface area (Å²) < 4.78 is 5.89. The average molecular weight is 256 g/mol. The van der Waals surface area contributed by atoms with Crippen molar-refractivity contribution in [2.24, 2.45) is 22.8 Å². The quantitative estimate of drug-likeness (QED) is 0.787. The van der Waals surface area contributed by atoms with Gasteiger partial charge in [-0.05, 0) is 43.9 Å². The highest BCUT2D eigenvalue weighted by molar-refractivity contribution is 5.83. The minimum absolute atomic E-state index is 0.285. The molecule has 1 aliphatic carbocycles. The molecule has 18 heavy (non-hydrogen) atoms. The normalized spacial score (nSPS) is 30.7. The van der Waals surface area contributed by atoms with Gasteiger partial charge in [0.2, 0.25) is 5.91 Å². The second-order valence-corrected chi connectivity index (χ2v) is 6.94. The zero-order valence-electron chi connectivity index (χ0n) is 12.2. The predicted octanol–water partition coefficient (Wildman–Crippen LogP) is 1.81. The third-order valence-electron chi connectivity index (χ3n) is 3.88. The van der Waals surface area contributed by atoms with Crippen LogP contribution >= 0.6 is 0 Å². The molecule has 106 valence electrons. The number of hydrogen-bond donors (Lipinski definition) is 2. The molecule has 0 heterocycles. The smallest absolute Gasteiger partial charge is 0.237 e. The SMILES string of the molecule is CC1CC(OCCC(C)(N)C(N)=O)CC(C)(C)C1. The Hall–Kier alpha value is -0.610. The Kier molecular flexibility index (Phi) is 4.78. The van der Waals surface area contributed by atoms with E-state index in [1.807, 2.05) is 0 Å². The average Bonchev–Trinajstić information content (AvgIpc) is 2.13. The van der Waals surface area contributed by atoms with Gasteiger partial charge in [-0.3, -0.25) is 4.79 Å². The Morgan fingerprint density at radius 3 is 2.56 bits per heavy atom. The van der Waals surface area contributed by atoms with Crippen LogP contribution in [0.2, 0.25) is 0 Å². The Bertz CT molecular complexity index is 300. The third-order valence-corrected chi connectivity index (χ3v) is 3.88. The molecule has 0 aromatic rings. The van der Waals surface area contributed by atoms with Crippen molar-refractivity contribution in [1.29, 1.82) is 0 Å². The molecule has 4 heteroatoms. The van der Waals surface area contributed by atoms with Crippen molar-refractivity contribution in [2.45, 2.75) is 65.0 Å². The van der Waals surface area contributed by atoms with Crippen LogP contribution in [0.25, 0.3) is 0 Å². The summed E-state index contributed by atoms with van der Waals surface area (Å²) in [6, 6.07) is 0. The Morgan fingerprint density at radius 2 is 2.06 bits per heavy atom. The van der Waals surface area contributed by atoms with Crippen molar-refractivity contribution in [2.75, 3.05) is 6.61 Å². The first kappa shape index (κ1) is 15.4. The number of ether oxygens (including phenoxy) is 1. The molecular formula is C14H28N2O2. The summed E-state index contributed by atoms with van der Waals surface area (Å²) >= 11 is 0. The lowest BCUT2D eigenvalue weighted by molar-refractivity contribution is -0.123. The van der Waals surface area contributed by atoms with Gasteiger partial charge in [0.25, 0.3) is 0 Å². The topological polar surface area (TPSA) is 78.3 Å². The maximum atomic E-state index is 11.1. The molecule has 0 spiro atoms. The standard InChI is InChI=1S/C14H28N2O2/c1-10-7-11(9-13(2,3)8-10)18-6-5-14(4,16)12(15)17/h10-11H,5-9,16H2,1-4H3,(H2,15,17). The number of carbonyl (C=O) groups is 1. The number of carbonyl (C=O) groups excluding carboxylic acids is 1. The number of amides is 1. The molecule has 0 aromatic heterocycles. The molecule has 1 aliphatic rings. The highest BCUT2D eigenvalue weighted by Crippen LogP contribution is 2.39. The monoisotopic (exact) mass is 256 g/mol. The van der Waals surface area contributed by atoms with Crippen LogP contribution in [0.1, 0.15) is 53.4 Å². The number of nitrogens with two attached hydrogens (primary N) is 2. The van der Waals surface area contributed by atoms with Gasteiger partial charge in [0.1, 0.15) is 0 Å². The van der Waals surface area contributed by atoms with Crippen LogP contribution in [0.15, 0.2) is 0 Å². The van der Waals surface area contributed by atoms with Crippen LogP contribution in [0.4, 0.5) is 0 Å². The maximum absolute atomic E-state index is 11.1. The fourth-order valence-corrected chi connectivity index (χ4v) is 2.95. The van der Waals surface area contributed by atoms with Crippen LogP contribution in [-0.2, 0) is 9.53 Å². The van der Waals surface area contributed by atoms with Crippen LogP contribution in [-0.4, -0.2) is 24.2 Å². The van der Waals surface area contributed by atoms with Gasteiger partial charge in [-0.25, -0.2) is 0 Å². The lowest BCUT2D eigenvalue weighted by Crippen LogP contribution is -2.50. The molecule has 3 atom stereocenters. The van der Waals surface area contributed by atoms with Crippen LogP contribution < -0.4 is 11.5 Å². The fourth-order valence-electron chi connectivity index (χ4n) is 2.95. The molecule has 1 saturated carbocycles. The minimum Gasteiger partial charge on any atom is -0.378 e. The maximum Gasteiger partial charge on any atom is 0.237 e. The highest BCUT2D eigenvalue weighted by atomic mass is 16.5. The second-order valence-electron chi connectivity index (χ2n) is 6.94. The first-order chi connectivity index (χ1) is 8.12. The molecule has 4 nitrogen and oxygen atoms in total. The first-order valence-electron chi connectivity index (χ1n) is 6.83. The lowest BCUT2D eigenvalue weighted by Gasteiger charge is -2.39. The number of hydrogen-bond acceptors (Lipinski definition) is 3. The molecule has 1 rings (SSSR count). The van der Waals surface area contributed by atoms with E-state index in [1.165, 1.54) is 6.42 Å². The summed E-state index contributed by atoms with van der Waals surface area (Å²) in [5.41, 5.74) is 10.4. The van der Waals surface area contributed by atoms with Gasteiger partial charge in [0.15, 0.2) is 0 Å². The zero-order chi connectivity index (χ0) is 14.0. The van der Waals surface area contributed by atoms with Crippen molar-refractivity contribution < 1.29 is 9.53 Å². The van der Waals surface area contributed by atoms with E-state index in [0.29, 0.717) is 24.4 Å². The number of primary amides is 1. The van der Waals surface area contributed by atoms with E-state index in [2.05, 4.69) is 20.8 Å². The second kappa shape index (κ2) is 5.57.